The maximum absolute atomic E-state index is 12.4. The summed E-state index contributed by atoms with van der Waals surface area (Å²) in [6, 6.07) is 6.22. The molecule has 114 valence electrons. The summed E-state index contributed by atoms with van der Waals surface area (Å²) in [5.74, 6) is -1.07. The highest BCUT2D eigenvalue weighted by Gasteiger charge is 2.28. The topological polar surface area (TPSA) is 89.9 Å². The number of hydrogen-bond donors (Lipinski definition) is 3. The first-order chi connectivity index (χ1) is 10.1. The lowest BCUT2D eigenvalue weighted by Crippen LogP contribution is -2.47. The molecule has 1 aromatic rings. The molecule has 0 aliphatic heterocycles. The van der Waals surface area contributed by atoms with Crippen LogP contribution in [0.5, 0.6) is 0 Å². The number of benzene rings is 1. The van der Waals surface area contributed by atoms with E-state index in [1.165, 1.54) is 6.07 Å². The van der Waals surface area contributed by atoms with Crippen LogP contribution in [0.4, 0.5) is 10.5 Å². The molecular formula is C15H20N2O4. The van der Waals surface area contributed by atoms with E-state index in [0.29, 0.717) is 18.7 Å². The lowest BCUT2D eigenvalue weighted by Gasteiger charge is -2.37. The summed E-state index contributed by atoms with van der Waals surface area (Å²) in [7, 11) is 0. The second-order valence-electron chi connectivity index (χ2n) is 5.14. The molecule has 0 bridgehead atoms. The van der Waals surface area contributed by atoms with E-state index < -0.39 is 5.97 Å². The minimum atomic E-state index is -1.07. The SMILES string of the molecule is O=C(O)c1ccccc1NC(=O)N(CCCO)C1CCC1. The molecule has 1 aliphatic carbocycles. The number of nitrogens with zero attached hydrogens (tertiary/aromatic N) is 1. The average Bonchev–Trinajstić information content (AvgIpc) is 2.41. The number of carbonyl (C=O) groups is 2. The monoisotopic (exact) mass is 292 g/mol. The van der Waals surface area contributed by atoms with Crippen LogP contribution in [0.1, 0.15) is 36.0 Å². The number of amides is 2. The van der Waals surface area contributed by atoms with Gasteiger partial charge in [0, 0.05) is 19.2 Å². The number of aliphatic hydroxyl groups excluding tert-OH is 1. The second-order valence-corrected chi connectivity index (χ2v) is 5.14. The Kier molecular flexibility index (Phi) is 5.16. The highest BCUT2D eigenvalue weighted by Crippen LogP contribution is 2.26. The van der Waals surface area contributed by atoms with Crippen molar-refractivity contribution >= 4 is 17.7 Å². The Balaban J connectivity index is 2.09. The number of carboxylic acids is 1. The third-order valence-corrected chi connectivity index (χ3v) is 3.73. The number of urea groups is 1. The molecule has 0 unspecified atom stereocenters. The Hall–Kier alpha value is -2.08. The van der Waals surface area contributed by atoms with E-state index >= 15 is 0 Å². The smallest absolute Gasteiger partial charge is 0.337 e. The largest absolute Gasteiger partial charge is 0.478 e. The van der Waals surface area contributed by atoms with Gasteiger partial charge in [-0.2, -0.15) is 0 Å². The van der Waals surface area contributed by atoms with Gasteiger partial charge in [0.2, 0.25) is 0 Å². The molecular weight excluding hydrogens is 272 g/mol. The Morgan fingerprint density at radius 3 is 2.57 bits per heavy atom. The van der Waals surface area contributed by atoms with Crippen LogP contribution in [0.25, 0.3) is 0 Å². The molecule has 2 amide bonds. The van der Waals surface area contributed by atoms with Gasteiger partial charge in [-0.25, -0.2) is 9.59 Å². The van der Waals surface area contributed by atoms with Crippen molar-refractivity contribution in [3.05, 3.63) is 29.8 Å². The van der Waals surface area contributed by atoms with Gasteiger partial charge < -0.3 is 20.4 Å². The van der Waals surface area contributed by atoms with Crippen molar-refractivity contribution in [3.8, 4) is 0 Å². The van der Waals surface area contributed by atoms with Crippen LogP contribution in [0.2, 0.25) is 0 Å². The van der Waals surface area contributed by atoms with Crippen LogP contribution in [0.15, 0.2) is 24.3 Å². The number of rotatable bonds is 6. The summed E-state index contributed by atoms with van der Waals surface area (Å²) in [5, 5.41) is 20.7. The highest BCUT2D eigenvalue weighted by molar-refractivity contribution is 6.00. The van der Waals surface area contributed by atoms with Gasteiger partial charge in [0.15, 0.2) is 0 Å². The Labute approximate surface area is 123 Å². The number of anilines is 1. The van der Waals surface area contributed by atoms with E-state index in [-0.39, 0.29) is 24.2 Å². The van der Waals surface area contributed by atoms with Crippen molar-refractivity contribution in [1.29, 1.82) is 0 Å². The van der Waals surface area contributed by atoms with Crippen molar-refractivity contribution in [1.82, 2.24) is 4.90 Å². The third-order valence-electron chi connectivity index (χ3n) is 3.73. The first-order valence-corrected chi connectivity index (χ1v) is 7.14. The molecule has 3 N–H and O–H groups in total. The molecule has 2 rings (SSSR count). The molecule has 1 fully saturated rings. The number of nitrogens with one attached hydrogen (secondary N) is 1. The van der Waals surface area contributed by atoms with Crippen LogP contribution < -0.4 is 5.32 Å². The zero-order chi connectivity index (χ0) is 15.2. The second kappa shape index (κ2) is 7.08. The summed E-state index contributed by atoms with van der Waals surface area (Å²) < 4.78 is 0. The van der Waals surface area contributed by atoms with Gasteiger partial charge in [0.1, 0.15) is 0 Å². The number of aromatic carboxylic acids is 1. The van der Waals surface area contributed by atoms with Crippen molar-refractivity contribution in [3.63, 3.8) is 0 Å². The van der Waals surface area contributed by atoms with E-state index in [1.54, 1.807) is 23.1 Å². The van der Waals surface area contributed by atoms with E-state index in [0.717, 1.165) is 19.3 Å². The lowest BCUT2D eigenvalue weighted by molar-refractivity contribution is 0.0698. The zero-order valence-electron chi connectivity index (χ0n) is 11.8. The molecule has 0 atom stereocenters. The number of aliphatic hydroxyl groups is 1. The van der Waals surface area contributed by atoms with Crippen molar-refractivity contribution in [2.75, 3.05) is 18.5 Å². The minimum absolute atomic E-state index is 0.0300. The molecule has 0 spiro atoms. The molecule has 1 aromatic carbocycles. The fourth-order valence-electron chi connectivity index (χ4n) is 2.35. The third kappa shape index (κ3) is 3.72. The van der Waals surface area contributed by atoms with E-state index in [2.05, 4.69) is 5.32 Å². The quantitative estimate of drug-likeness (QED) is 0.749. The summed E-state index contributed by atoms with van der Waals surface area (Å²) in [4.78, 5) is 25.2. The Morgan fingerprint density at radius 2 is 2.00 bits per heavy atom. The van der Waals surface area contributed by atoms with Crippen molar-refractivity contribution in [2.45, 2.75) is 31.7 Å². The highest BCUT2D eigenvalue weighted by atomic mass is 16.4. The summed E-state index contributed by atoms with van der Waals surface area (Å²) in [6.45, 7) is 0.504. The van der Waals surface area contributed by atoms with Crippen LogP contribution in [-0.4, -0.2) is 46.3 Å². The number of carboxylic acid groups (broad SMARTS) is 1. The van der Waals surface area contributed by atoms with Crippen LogP contribution in [-0.2, 0) is 0 Å². The molecule has 1 aliphatic rings. The van der Waals surface area contributed by atoms with Crippen LogP contribution >= 0.6 is 0 Å². The van der Waals surface area contributed by atoms with E-state index in [1.807, 2.05) is 0 Å². The number of carbonyl (C=O) groups excluding carboxylic acids is 1. The fourth-order valence-corrected chi connectivity index (χ4v) is 2.35. The van der Waals surface area contributed by atoms with E-state index in [4.69, 9.17) is 10.2 Å². The fraction of sp³-hybridized carbons (Fsp3) is 0.467. The van der Waals surface area contributed by atoms with E-state index in [9.17, 15) is 9.59 Å². The molecule has 0 heterocycles. The van der Waals surface area contributed by atoms with Gasteiger partial charge >= 0.3 is 12.0 Å². The summed E-state index contributed by atoms with van der Waals surface area (Å²) in [6.07, 6.45) is 3.53. The Bertz CT molecular complexity index is 514. The first-order valence-electron chi connectivity index (χ1n) is 7.14. The predicted octanol–water partition coefficient (Wildman–Crippen LogP) is 2.15. The van der Waals surface area contributed by atoms with Crippen LogP contribution in [0.3, 0.4) is 0 Å². The lowest BCUT2D eigenvalue weighted by atomic mass is 9.91. The molecule has 0 aromatic heterocycles. The first kappa shape index (κ1) is 15.3. The molecule has 21 heavy (non-hydrogen) atoms. The standard InChI is InChI=1S/C15H20N2O4/c18-10-4-9-17(11-5-3-6-11)15(21)16-13-8-2-1-7-12(13)14(19)20/h1-2,7-8,11,18H,3-6,9-10H2,(H,16,21)(H,19,20). The molecule has 6 heteroatoms. The zero-order valence-corrected chi connectivity index (χ0v) is 11.8. The van der Waals surface area contributed by atoms with Crippen molar-refractivity contribution < 1.29 is 19.8 Å². The normalized spacial score (nSPS) is 14.3. The van der Waals surface area contributed by atoms with Gasteiger partial charge in [0.25, 0.3) is 0 Å². The Morgan fingerprint density at radius 1 is 1.29 bits per heavy atom. The maximum atomic E-state index is 12.4. The van der Waals surface area contributed by atoms with Gasteiger partial charge in [-0.3, -0.25) is 0 Å². The van der Waals surface area contributed by atoms with Gasteiger partial charge in [0.05, 0.1) is 11.3 Å². The van der Waals surface area contributed by atoms with Gasteiger partial charge in [-0.05, 0) is 37.8 Å². The molecule has 6 nitrogen and oxygen atoms in total. The molecule has 0 radical (unpaired) electrons. The minimum Gasteiger partial charge on any atom is -0.478 e. The molecule has 1 saturated carbocycles. The van der Waals surface area contributed by atoms with Crippen LogP contribution in [0, 0.1) is 0 Å². The van der Waals surface area contributed by atoms with Crippen molar-refractivity contribution in [2.24, 2.45) is 0 Å². The molecule has 0 saturated heterocycles. The van der Waals surface area contributed by atoms with Gasteiger partial charge in [-0.1, -0.05) is 12.1 Å². The maximum Gasteiger partial charge on any atom is 0.337 e. The number of para-hydroxylation sites is 1. The summed E-state index contributed by atoms with van der Waals surface area (Å²) >= 11 is 0. The van der Waals surface area contributed by atoms with Gasteiger partial charge in [-0.15, -0.1) is 0 Å². The predicted molar refractivity (Wildman–Crippen MR) is 78.5 cm³/mol. The average molecular weight is 292 g/mol. The number of hydrogen-bond acceptors (Lipinski definition) is 3. The summed E-state index contributed by atoms with van der Waals surface area (Å²) in [5.41, 5.74) is 0.366.